The van der Waals surface area contributed by atoms with Crippen molar-refractivity contribution in [3.8, 4) is 0 Å². The van der Waals surface area contributed by atoms with Gasteiger partial charge in [0, 0.05) is 5.69 Å². The van der Waals surface area contributed by atoms with Crippen LogP contribution in [0.3, 0.4) is 0 Å². The van der Waals surface area contributed by atoms with Crippen LogP contribution in [-0.4, -0.2) is 39.7 Å². The number of esters is 1. The Morgan fingerprint density at radius 1 is 1.10 bits per heavy atom. The molecule has 0 heterocycles. The molecule has 0 radical (unpaired) electrons. The van der Waals surface area contributed by atoms with E-state index in [9.17, 15) is 18.0 Å². The molecule has 0 aliphatic rings. The van der Waals surface area contributed by atoms with Crippen LogP contribution in [-0.2, 0) is 19.6 Å². The van der Waals surface area contributed by atoms with Gasteiger partial charge in [0.25, 0.3) is 0 Å². The fourth-order valence-electron chi connectivity index (χ4n) is 2.61. The van der Waals surface area contributed by atoms with E-state index in [1.807, 2.05) is 0 Å². The van der Waals surface area contributed by atoms with E-state index in [-0.39, 0.29) is 27.4 Å². The molecule has 11 heteroatoms. The average Bonchev–Trinajstić information content (AvgIpc) is 2.64. The van der Waals surface area contributed by atoms with Gasteiger partial charge in [-0.25, -0.2) is 13.2 Å². The SMILES string of the molecule is CCOC(=O)c1cccc(NC(=O)CN(c2cc(Cl)c(Cl)cc2Cl)S(C)(=O)=O)c1C. The van der Waals surface area contributed by atoms with Crippen molar-refractivity contribution in [2.75, 3.05) is 29.0 Å². The molecule has 0 aromatic heterocycles. The van der Waals surface area contributed by atoms with Crippen molar-refractivity contribution in [1.29, 1.82) is 0 Å². The molecule has 0 unspecified atom stereocenters. The third kappa shape index (κ3) is 5.78. The highest BCUT2D eigenvalue weighted by molar-refractivity contribution is 7.92. The van der Waals surface area contributed by atoms with Crippen LogP contribution in [0.1, 0.15) is 22.8 Å². The van der Waals surface area contributed by atoms with Crippen molar-refractivity contribution in [3.63, 3.8) is 0 Å². The van der Waals surface area contributed by atoms with E-state index >= 15 is 0 Å². The molecule has 0 fully saturated rings. The normalized spacial score (nSPS) is 11.1. The lowest BCUT2D eigenvalue weighted by Crippen LogP contribution is -2.37. The minimum absolute atomic E-state index is 0.0145. The number of sulfonamides is 1. The van der Waals surface area contributed by atoms with Gasteiger partial charge in [0.15, 0.2) is 0 Å². The molecule has 0 aliphatic carbocycles. The van der Waals surface area contributed by atoms with Gasteiger partial charge in [0.05, 0.1) is 39.2 Å². The van der Waals surface area contributed by atoms with Gasteiger partial charge in [-0.05, 0) is 43.7 Å². The molecule has 1 N–H and O–H groups in total. The molecule has 2 rings (SSSR count). The molecular weight excluding hydrogens is 475 g/mol. The minimum Gasteiger partial charge on any atom is -0.462 e. The van der Waals surface area contributed by atoms with Crippen molar-refractivity contribution >= 4 is 68.1 Å². The fraction of sp³-hybridized carbons (Fsp3) is 0.263. The van der Waals surface area contributed by atoms with Crippen LogP contribution in [0.5, 0.6) is 0 Å². The van der Waals surface area contributed by atoms with Gasteiger partial charge in [0.1, 0.15) is 6.54 Å². The summed E-state index contributed by atoms with van der Waals surface area (Å²) in [4.78, 5) is 24.7. The predicted molar refractivity (Wildman–Crippen MR) is 119 cm³/mol. The Morgan fingerprint density at radius 2 is 1.73 bits per heavy atom. The molecule has 2 aromatic carbocycles. The molecule has 1 amide bonds. The van der Waals surface area contributed by atoms with Gasteiger partial charge >= 0.3 is 5.97 Å². The van der Waals surface area contributed by atoms with Crippen molar-refractivity contribution in [3.05, 3.63) is 56.5 Å². The van der Waals surface area contributed by atoms with E-state index in [1.165, 1.54) is 12.1 Å². The van der Waals surface area contributed by atoms with Crippen molar-refractivity contribution in [2.45, 2.75) is 13.8 Å². The number of rotatable bonds is 7. The number of hydrogen-bond acceptors (Lipinski definition) is 5. The predicted octanol–water partition coefficient (Wildman–Crippen LogP) is 4.54. The summed E-state index contributed by atoms with van der Waals surface area (Å²) >= 11 is 18.0. The van der Waals surface area contributed by atoms with Gasteiger partial charge in [-0.15, -0.1) is 0 Å². The smallest absolute Gasteiger partial charge is 0.338 e. The molecule has 0 aliphatic heterocycles. The summed E-state index contributed by atoms with van der Waals surface area (Å²) in [6.45, 7) is 2.97. The maximum Gasteiger partial charge on any atom is 0.338 e. The van der Waals surface area contributed by atoms with Gasteiger partial charge in [0.2, 0.25) is 15.9 Å². The van der Waals surface area contributed by atoms with Gasteiger partial charge in [-0.3, -0.25) is 9.10 Å². The zero-order chi connectivity index (χ0) is 22.6. The van der Waals surface area contributed by atoms with E-state index in [4.69, 9.17) is 39.5 Å². The highest BCUT2D eigenvalue weighted by Gasteiger charge is 2.25. The molecule has 2 aromatic rings. The van der Waals surface area contributed by atoms with Crippen LogP contribution in [0.15, 0.2) is 30.3 Å². The Kier molecular flexibility index (Phi) is 7.99. The Labute approximate surface area is 189 Å². The maximum atomic E-state index is 12.6. The Bertz CT molecular complexity index is 1090. The third-order valence-corrected chi connectivity index (χ3v) is 6.20. The Hall–Kier alpha value is -2.00. The lowest BCUT2D eigenvalue weighted by Gasteiger charge is -2.23. The summed E-state index contributed by atoms with van der Waals surface area (Å²) in [5.41, 5.74) is 1.14. The van der Waals surface area contributed by atoms with Crippen LogP contribution < -0.4 is 9.62 Å². The van der Waals surface area contributed by atoms with Crippen molar-refractivity contribution in [2.24, 2.45) is 0 Å². The molecule has 0 spiro atoms. The first-order valence-electron chi connectivity index (χ1n) is 8.64. The van der Waals surface area contributed by atoms with Gasteiger partial charge in [-0.2, -0.15) is 0 Å². The second-order valence-corrected chi connectivity index (χ2v) is 9.36. The maximum absolute atomic E-state index is 12.6. The number of hydrogen-bond donors (Lipinski definition) is 1. The number of carbonyl (C=O) groups is 2. The second-order valence-electron chi connectivity index (χ2n) is 6.23. The van der Waals surface area contributed by atoms with E-state index in [2.05, 4.69) is 5.32 Å². The fourth-order valence-corrected chi connectivity index (χ4v) is 4.16. The highest BCUT2D eigenvalue weighted by Crippen LogP contribution is 2.35. The molecule has 162 valence electrons. The van der Waals surface area contributed by atoms with Gasteiger partial charge in [-0.1, -0.05) is 40.9 Å². The van der Waals surface area contributed by atoms with E-state index in [0.29, 0.717) is 16.8 Å². The van der Waals surface area contributed by atoms with E-state index in [1.54, 1.807) is 32.0 Å². The van der Waals surface area contributed by atoms with Crippen LogP contribution in [0.2, 0.25) is 15.1 Å². The molecule has 0 saturated heterocycles. The average molecular weight is 494 g/mol. The first-order valence-corrected chi connectivity index (χ1v) is 11.6. The number of nitrogens with one attached hydrogen (secondary N) is 1. The summed E-state index contributed by atoms with van der Waals surface area (Å²) in [6, 6.07) is 7.31. The van der Waals surface area contributed by atoms with Crippen LogP contribution >= 0.6 is 34.8 Å². The number of anilines is 2. The molecule has 7 nitrogen and oxygen atoms in total. The monoisotopic (exact) mass is 492 g/mol. The van der Waals surface area contributed by atoms with Crippen molar-refractivity contribution in [1.82, 2.24) is 0 Å². The zero-order valence-corrected chi connectivity index (χ0v) is 19.4. The minimum atomic E-state index is -3.88. The largest absolute Gasteiger partial charge is 0.462 e. The molecule has 0 saturated carbocycles. The third-order valence-electron chi connectivity index (χ3n) is 4.05. The summed E-state index contributed by atoms with van der Waals surface area (Å²) < 4.78 is 30.4. The topological polar surface area (TPSA) is 92.8 Å². The number of halogens is 3. The summed E-state index contributed by atoms with van der Waals surface area (Å²) in [6.07, 6.45) is 0.936. The standard InChI is InChI=1S/C19H19Cl3N2O5S/c1-4-29-19(26)12-6-5-7-16(11(12)2)23-18(25)10-24(30(3,27)28)17-9-14(21)13(20)8-15(17)22/h5-9H,4,10H2,1-3H3,(H,23,25). The number of carbonyl (C=O) groups excluding carboxylic acids is 2. The van der Waals surface area contributed by atoms with Crippen molar-refractivity contribution < 1.29 is 22.7 Å². The van der Waals surface area contributed by atoms with Crippen LogP contribution in [0, 0.1) is 6.92 Å². The summed E-state index contributed by atoms with van der Waals surface area (Å²) in [7, 11) is -3.88. The van der Waals surface area contributed by atoms with E-state index < -0.39 is 28.4 Å². The number of benzene rings is 2. The molecular formula is C19H19Cl3N2O5S. The van der Waals surface area contributed by atoms with Gasteiger partial charge < -0.3 is 10.1 Å². The number of amides is 1. The zero-order valence-electron chi connectivity index (χ0n) is 16.3. The number of ether oxygens (including phenoxy) is 1. The first kappa shape index (κ1) is 24.3. The molecule has 0 bridgehead atoms. The second kappa shape index (κ2) is 9.87. The summed E-state index contributed by atoms with van der Waals surface area (Å²) in [5.74, 6) is -1.17. The molecule has 0 atom stereocenters. The highest BCUT2D eigenvalue weighted by atomic mass is 35.5. The lowest BCUT2D eigenvalue weighted by molar-refractivity contribution is -0.114. The quantitative estimate of drug-likeness (QED) is 0.452. The van der Waals surface area contributed by atoms with E-state index in [0.717, 1.165) is 10.6 Å². The Balaban J connectivity index is 2.32. The van der Waals surface area contributed by atoms with Crippen LogP contribution in [0.4, 0.5) is 11.4 Å². The van der Waals surface area contributed by atoms with Crippen LogP contribution in [0.25, 0.3) is 0 Å². The summed E-state index contributed by atoms with van der Waals surface area (Å²) in [5, 5.41) is 2.86. The Morgan fingerprint density at radius 3 is 2.33 bits per heavy atom. The number of nitrogens with zero attached hydrogens (tertiary/aromatic N) is 1. The molecule has 30 heavy (non-hydrogen) atoms. The lowest BCUT2D eigenvalue weighted by atomic mass is 10.1. The first-order chi connectivity index (χ1) is 14.0.